The molecule has 0 atom stereocenters. The smallest absolute Gasteiger partial charge is 0.384 e. The first kappa shape index (κ1) is 34.6. The molecular weight excluding hydrogens is 570 g/mol. The average Bonchev–Trinajstić information content (AvgIpc) is 2.54. The zero-order chi connectivity index (χ0) is 29.4. The van der Waals surface area contributed by atoms with Gasteiger partial charge in [0.25, 0.3) is 0 Å². The summed E-state index contributed by atoms with van der Waals surface area (Å²) in [5.74, 6) is 0. The second-order valence-corrected chi connectivity index (χ2v) is 7.21. The van der Waals surface area contributed by atoms with Crippen LogP contribution in [0.5, 0.6) is 0 Å². The summed E-state index contributed by atoms with van der Waals surface area (Å²) < 4.78 is 244. The van der Waals surface area contributed by atoms with E-state index >= 15 is 0 Å². The van der Waals surface area contributed by atoms with Gasteiger partial charge in [0, 0.05) is 12.5 Å². The Morgan fingerprint density at radius 1 is 0.417 bits per heavy atom. The van der Waals surface area contributed by atoms with Crippen molar-refractivity contribution in [3.8, 4) is 0 Å². The monoisotopic (exact) mass is 584 g/mol. The zero-order valence-electron chi connectivity index (χ0n) is 17.4. The van der Waals surface area contributed by atoms with Gasteiger partial charge < -0.3 is 14.2 Å². The molecule has 0 saturated carbocycles. The second-order valence-electron chi connectivity index (χ2n) is 7.21. The van der Waals surface area contributed by atoms with Gasteiger partial charge in [0.05, 0.1) is 19.8 Å². The third-order valence-corrected chi connectivity index (χ3v) is 4.79. The minimum atomic E-state index is -7.36. The Morgan fingerprint density at radius 3 is 0.778 bits per heavy atom. The molecule has 0 aromatic carbocycles. The predicted octanol–water partition coefficient (Wildman–Crippen LogP) is 6.91. The largest absolute Gasteiger partial charge is 0.435 e. The molecule has 36 heavy (non-hydrogen) atoms. The molecule has 0 heterocycles. The van der Waals surface area contributed by atoms with Gasteiger partial charge in [-0.05, 0) is 6.42 Å². The first-order valence-corrected chi connectivity index (χ1v) is 8.71. The summed E-state index contributed by atoms with van der Waals surface area (Å²) >= 11 is 0. The van der Waals surface area contributed by atoms with Crippen LogP contribution in [0.25, 0.3) is 0 Å². The summed E-state index contributed by atoms with van der Waals surface area (Å²) in [4.78, 5) is 0. The molecule has 0 spiro atoms. The minimum Gasteiger partial charge on any atom is -0.384 e. The van der Waals surface area contributed by atoms with Gasteiger partial charge in [-0.1, -0.05) is 6.92 Å². The van der Waals surface area contributed by atoms with Crippen LogP contribution in [0.4, 0.5) is 79.0 Å². The van der Waals surface area contributed by atoms with Crippen molar-refractivity contribution in [3.63, 3.8) is 0 Å². The molecule has 0 rings (SSSR count). The summed E-state index contributed by atoms with van der Waals surface area (Å²) in [6, 6.07) is 0. The molecule has 0 aliphatic rings. The summed E-state index contributed by atoms with van der Waals surface area (Å²) in [6.45, 7) is -6.37. The van der Waals surface area contributed by atoms with Gasteiger partial charge in [-0.15, -0.1) is 0 Å². The van der Waals surface area contributed by atoms with Gasteiger partial charge in [0.2, 0.25) is 0 Å². The van der Waals surface area contributed by atoms with E-state index in [-0.39, 0.29) is 0 Å². The van der Waals surface area contributed by atoms with Crippen LogP contribution < -0.4 is 0 Å². The quantitative estimate of drug-likeness (QED) is 0.276. The molecule has 3 nitrogen and oxygen atoms in total. The van der Waals surface area contributed by atoms with Gasteiger partial charge in [-0.2, -0.15) is 79.0 Å². The van der Waals surface area contributed by atoms with E-state index in [1.54, 1.807) is 0 Å². The van der Waals surface area contributed by atoms with Crippen LogP contribution in [0.3, 0.4) is 0 Å². The topological polar surface area (TPSA) is 27.7 Å². The van der Waals surface area contributed by atoms with Gasteiger partial charge >= 0.3 is 48.3 Å². The molecule has 0 unspecified atom stereocenters. The molecule has 218 valence electrons. The van der Waals surface area contributed by atoms with Crippen LogP contribution in [0.15, 0.2) is 0 Å². The maximum atomic E-state index is 13.0. The van der Waals surface area contributed by atoms with Crippen molar-refractivity contribution in [2.75, 3.05) is 26.9 Å². The number of halogens is 18. The lowest BCUT2D eigenvalue weighted by Crippen LogP contribution is -2.69. The second kappa shape index (κ2) is 10.1. The van der Waals surface area contributed by atoms with E-state index in [2.05, 4.69) is 14.2 Å². The highest BCUT2D eigenvalue weighted by Gasteiger charge is 2.87. The van der Waals surface area contributed by atoms with Crippen LogP contribution in [0, 0.1) is 5.41 Å². The molecule has 21 heteroatoms. The van der Waals surface area contributed by atoms with Crippen molar-refractivity contribution >= 4 is 0 Å². The maximum Gasteiger partial charge on any atom is 0.435 e. The summed E-state index contributed by atoms with van der Waals surface area (Å²) in [6.07, 6.45) is -45.4. The van der Waals surface area contributed by atoms with Crippen molar-refractivity contribution in [2.24, 2.45) is 5.41 Å². The Balaban J connectivity index is 6.78. The van der Waals surface area contributed by atoms with E-state index in [4.69, 9.17) is 0 Å². The lowest BCUT2D eigenvalue weighted by Gasteiger charge is -2.43. The van der Waals surface area contributed by atoms with Crippen LogP contribution in [-0.4, -0.2) is 75.2 Å². The number of ether oxygens (including phenoxy) is 3. The molecule has 0 saturated heterocycles. The van der Waals surface area contributed by atoms with Crippen molar-refractivity contribution in [2.45, 2.75) is 61.6 Å². The molecule has 0 bridgehead atoms. The van der Waals surface area contributed by atoms with Crippen LogP contribution in [0.2, 0.25) is 0 Å². The Morgan fingerprint density at radius 2 is 0.639 bits per heavy atom. The Kier molecular flexibility index (Phi) is 9.68. The van der Waals surface area contributed by atoms with Gasteiger partial charge in [-0.3, -0.25) is 0 Å². The van der Waals surface area contributed by atoms with Crippen molar-refractivity contribution in [1.29, 1.82) is 0 Å². The molecule has 0 fully saturated rings. The molecule has 0 aromatic rings. The normalized spacial score (nSPS) is 16.0. The Bertz CT molecular complexity index is 582. The van der Waals surface area contributed by atoms with Crippen LogP contribution in [-0.2, 0) is 14.2 Å². The maximum absolute atomic E-state index is 13.0. The fourth-order valence-electron chi connectivity index (χ4n) is 2.72. The standard InChI is InChI=1S/C15H14F18O3/c1-3-7(4-34-2,5-35-8(10(16,17)18,11(19,20)21)12(22,23)24)6-36-9(13(25,26)27,14(28,29)30)15(31,32)33/h3-6H2,1-2H3. The lowest BCUT2D eigenvalue weighted by atomic mass is 9.86. The SMILES string of the molecule is CCC(COC)(COC(C(F)(F)F)(C(F)(F)F)C(F)(F)F)COC(C(F)(F)F)(C(F)(F)F)C(F)(F)F. The van der Waals surface area contributed by atoms with Gasteiger partial charge in [0.15, 0.2) is 0 Å². The molecule has 0 amide bonds. The number of methoxy groups -OCH3 is 1. The first-order chi connectivity index (χ1) is 15.5. The van der Waals surface area contributed by atoms with E-state index in [1.165, 1.54) is 0 Å². The van der Waals surface area contributed by atoms with Crippen molar-refractivity contribution in [1.82, 2.24) is 0 Å². The van der Waals surface area contributed by atoms with E-state index in [0.717, 1.165) is 0 Å². The highest BCUT2D eigenvalue weighted by atomic mass is 19.4. The van der Waals surface area contributed by atoms with E-state index < -0.39 is 79.9 Å². The third kappa shape index (κ3) is 6.02. The molecule has 0 N–H and O–H groups in total. The first-order valence-electron chi connectivity index (χ1n) is 8.71. The summed E-state index contributed by atoms with van der Waals surface area (Å²) in [7, 11) is 0.472. The number of hydrogen-bond donors (Lipinski definition) is 0. The van der Waals surface area contributed by atoms with E-state index in [9.17, 15) is 79.0 Å². The lowest BCUT2D eigenvalue weighted by molar-refractivity contribution is -0.467. The van der Waals surface area contributed by atoms with Gasteiger partial charge in [0.1, 0.15) is 0 Å². The fraction of sp³-hybridized carbons (Fsp3) is 1.00. The molecular formula is C15H14F18O3. The Hall–Kier alpha value is -1.38. The summed E-state index contributed by atoms with van der Waals surface area (Å²) in [5.41, 5.74) is -17.3. The number of rotatable bonds is 9. The highest BCUT2D eigenvalue weighted by Crippen LogP contribution is 2.57. The van der Waals surface area contributed by atoms with E-state index in [0.29, 0.717) is 14.0 Å². The zero-order valence-corrected chi connectivity index (χ0v) is 17.4. The van der Waals surface area contributed by atoms with Gasteiger partial charge in [-0.25, -0.2) is 0 Å². The molecule has 0 aliphatic heterocycles. The van der Waals surface area contributed by atoms with Crippen LogP contribution >= 0.6 is 0 Å². The third-order valence-electron chi connectivity index (χ3n) is 4.79. The predicted molar refractivity (Wildman–Crippen MR) is 78.3 cm³/mol. The number of alkyl halides is 18. The van der Waals surface area contributed by atoms with E-state index in [1.807, 2.05) is 0 Å². The highest BCUT2D eigenvalue weighted by molar-refractivity contribution is 5.05. The van der Waals surface area contributed by atoms with Crippen LogP contribution in [0.1, 0.15) is 13.3 Å². The average molecular weight is 584 g/mol. The Labute approximate surface area is 188 Å². The molecule has 0 radical (unpaired) electrons. The van der Waals surface area contributed by atoms with Crippen molar-refractivity contribution < 1.29 is 93.2 Å². The van der Waals surface area contributed by atoms with Crippen molar-refractivity contribution in [3.05, 3.63) is 0 Å². The summed E-state index contributed by atoms with van der Waals surface area (Å²) in [5, 5.41) is 0. The molecule has 0 aliphatic carbocycles. The molecule has 0 aromatic heterocycles. The minimum absolute atomic E-state index is 0.472. The number of hydrogen-bond acceptors (Lipinski definition) is 3. The fourth-order valence-corrected chi connectivity index (χ4v) is 2.72.